The third-order valence-electron chi connectivity index (χ3n) is 2.67. The minimum atomic E-state index is -4.52. The molecule has 0 amide bonds. The predicted octanol–water partition coefficient (Wildman–Crippen LogP) is 2.81. The van der Waals surface area contributed by atoms with Crippen molar-refractivity contribution in [2.24, 2.45) is 0 Å². The molecule has 21 heavy (non-hydrogen) atoms. The largest absolute Gasteiger partial charge is 0.376 e. The molecule has 0 radical (unpaired) electrons. The number of rotatable bonds is 4. The molecule has 2 aromatic rings. The van der Waals surface area contributed by atoms with E-state index in [-0.39, 0.29) is 5.56 Å². The van der Waals surface area contributed by atoms with Crippen LogP contribution in [0.15, 0.2) is 47.4 Å². The van der Waals surface area contributed by atoms with Crippen molar-refractivity contribution in [1.29, 1.82) is 0 Å². The maximum absolute atomic E-state index is 13.5. The van der Waals surface area contributed by atoms with Crippen LogP contribution in [0.5, 0.6) is 5.75 Å². The van der Waals surface area contributed by atoms with E-state index in [0.29, 0.717) is 0 Å². The summed E-state index contributed by atoms with van der Waals surface area (Å²) < 4.78 is 42.6. The fourth-order valence-electron chi connectivity index (χ4n) is 1.78. The molecule has 0 N–H and O–H groups in total. The first-order valence-corrected chi connectivity index (χ1v) is 7.17. The highest BCUT2D eigenvalue weighted by Crippen LogP contribution is 2.30. The molecule has 0 saturated heterocycles. The van der Waals surface area contributed by atoms with E-state index in [4.69, 9.17) is 0 Å². The molecule has 0 aliphatic carbocycles. The van der Waals surface area contributed by atoms with E-state index in [0.717, 1.165) is 18.2 Å². The van der Waals surface area contributed by atoms with Crippen molar-refractivity contribution in [3.8, 4) is 5.75 Å². The molecule has 2 aromatic carbocycles. The Morgan fingerprint density at radius 1 is 1.14 bits per heavy atom. The monoisotopic (exact) mass is 311 g/mol. The van der Waals surface area contributed by atoms with Gasteiger partial charge >= 0.3 is 10.1 Å². The van der Waals surface area contributed by atoms with E-state index in [1.54, 1.807) is 0 Å². The van der Waals surface area contributed by atoms with Crippen LogP contribution in [-0.4, -0.2) is 13.3 Å². The minimum absolute atomic E-state index is 0.139. The third kappa shape index (κ3) is 3.00. The Balaban J connectivity index is 2.56. The summed E-state index contributed by atoms with van der Waals surface area (Å²) in [6, 6.07) is 8.70. The van der Waals surface area contributed by atoms with Crippen LogP contribution < -0.4 is 4.18 Å². The average molecular weight is 311 g/mol. The maximum atomic E-state index is 13.5. The number of para-hydroxylation sites is 1. The maximum Gasteiger partial charge on any atom is 0.346 e. The van der Waals surface area contributed by atoms with Crippen LogP contribution in [0.2, 0.25) is 0 Å². The molecular weight excluding hydrogens is 301 g/mol. The first-order valence-electron chi connectivity index (χ1n) is 5.76. The lowest BCUT2D eigenvalue weighted by Gasteiger charge is -2.10. The van der Waals surface area contributed by atoms with Gasteiger partial charge in [-0.1, -0.05) is 24.3 Å². The van der Waals surface area contributed by atoms with Crippen molar-refractivity contribution < 1.29 is 21.9 Å². The normalized spacial score (nSPS) is 11.1. The minimum Gasteiger partial charge on any atom is -0.376 e. The van der Waals surface area contributed by atoms with Gasteiger partial charge < -0.3 is 4.18 Å². The Morgan fingerprint density at radius 2 is 1.81 bits per heavy atom. The Labute approximate surface area is 120 Å². The number of nitrogens with zero attached hydrogens (tertiary/aromatic N) is 1. The van der Waals surface area contributed by atoms with Gasteiger partial charge in [-0.05, 0) is 24.6 Å². The Kier molecular flexibility index (Phi) is 3.90. The van der Waals surface area contributed by atoms with Crippen LogP contribution in [0.1, 0.15) is 5.56 Å². The molecule has 6 nitrogen and oxygen atoms in total. The first-order chi connectivity index (χ1) is 9.83. The molecule has 0 aromatic heterocycles. The summed E-state index contributed by atoms with van der Waals surface area (Å²) in [5.74, 6) is -1.40. The summed E-state index contributed by atoms with van der Waals surface area (Å²) in [5, 5.41) is 11.0. The highest BCUT2D eigenvalue weighted by molar-refractivity contribution is 7.87. The Hall–Kier alpha value is -2.48. The van der Waals surface area contributed by atoms with Crippen molar-refractivity contribution in [2.75, 3.05) is 0 Å². The molecule has 2 rings (SSSR count). The zero-order valence-corrected chi connectivity index (χ0v) is 11.6. The van der Waals surface area contributed by atoms with Gasteiger partial charge in [0.15, 0.2) is 16.5 Å². The van der Waals surface area contributed by atoms with Crippen molar-refractivity contribution in [3.05, 3.63) is 64.0 Å². The smallest absolute Gasteiger partial charge is 0.346 e. The number of halogens is 1. The van der Waals surface area contributed by atoms with Crippen molar-refractivity contribution in [2.45, 2.75) is 11.8 Å². The van der Waals surface area contributed by atoms with Gasteiger partial charge in [-0.3, -0.25) is 10.1 Å². The summed E-state index contributed by atoms with van der Waals surface area (Å²) in [6.07, 6.45) is 0. The number of hydrogen-bond acceptors (Lipinski definition) is 5. The molecule has 0 aliphatic heterocycles. The van der Waals surface area contributed by atoms with Gasteiger partial charge in [0.2, 0.25) is 0 Å². The van der Waals surface area contributed by atoms with Crippen molar-refractivity contribution in [3.63, 3.8) is 0 Å². The van der Waals surface area contributed by atoms with Gasteiger partial charge in [0.05, 0.1) is 4.92 Å². The molecule has 0 bridgehead atoms. The SMILES string of the molecule is Cc1cccc([N+](=O)[O-])c1S(=O)(=O)Oc1ccccc1F. The Bertz CT molecular complexity index is 804. The van der Waals surface area contributed by atoms with Crippen LogP contribution >= 0.6 is 0 Å². The topological polar surface area (TPSA) is 86.5 Å². The average Bonchev–Trinajstić information content (AvgIpc) is 2.40. The second-order valence-electron chi connectivity index (χ2n) is 4.15. The van der Waals surface area contributed by atoms with E-state index >= 15 is 0 Å². The molecule has 0 saturated carbocycles. The molecule has 0 heterocycles. The fourth-order valence-corrected chi connectivity index (χ4v) is 3.09. The summed E-state index contributed by atoms with van der Waals surface area (Å²) in [7, 11) is -4.52. The molecule has 110 valence electrons. The fraction of sp³-hybridized carbons (Fsp3) is 0.0769. The summed E-state index contributed by atoms with van der Waals surface area (Å²) in [6.45, 7) is 1.39. The highest BCUT2D eigenvalue weighted by Gasteiger charge is 2.30. The van der Waals surface area contributed by atoms with Gasteiger partial charge in [0, 0.05) is 6.07 Å². The van der Waals surface area contributed by atoms with Crippen LogP contribution in [0.3, 0.4) is 0 Å². The summed E-state index contributed by atoms with van der Waals surface area (Å²) in [4.78, 5) is 9.54. The number of nitro benzene ring substituents is 1. The number of hydrogen-bond donors (Lipinski definition) is 0. The van der Waals surface area contributed by atoms with E-state index in [9.17, 15) is 22.9 Å². The number of nitro groups is 1. The molecule has 0 fully saturated rings. The molecule has 0 aliphatic rings. The van der Waals surface area contributed by atoms with Crippen molar-refractivity contribution in [1.82, 2.24) is 0 Å². The quantitative estimate of drug-likeness (QED) is 0.492. The lowest BCUT2D eigenvalue weighted by molar-refractivity contribution is -0.388. The van der Waals surface area contributed by atoms with Gasteiger partial charge in [-0.15, -0.1) is 0 Å². The Morgan fingerprint density at radius 3 is 2.43 bits per heavy atom. The molecule has 0 spiro atoms. The standard InChI is InChI=1S/C13H10FNO5S/c1-9-5-4-7-11(15(16)17)13(9)21(18,19)20-12-8-3-2-6-10(12)14/h2-8H,1H3. The summed E-state index contributed by atoms with van der Waals surface area (Å²) in [5.41, 5.74) is -0.480. The lowest BCUT2D eigenvalue weighted by Crippen LogP contribution is -2.14. The molecular formula is C13H10FNO5S. The highest BCUT2D eigenvalue weighted by atomic mass is 32.2. The van der Waals surface area contributed by atoms with Gasteiger partial charge in [0.25, 0.3) is 5.69 Å². The predicted molar refractivity (Wildman–Crippen MR) is 72.0 cm³/mol. The van der Waals surface area contributed by atoms with Crippen LogP contribution in [0, 0.1) is 22.9 Å². The summed E-state index contributed by atoms with van der Waals surface area (Å²) >= 11 is 0. The van der Waals surface area contributed by atoms with Crippen LogP contribution in [-0.2, 0) is 10.1 Å². The van der Waals surface area contributed by atoms with E-state index < -0.39 is 37.2 Å². The van der Waals surface area contributed by atoms with Gasteiger partial charge in [-0.25, -0.2) is 4.39 Å². The zero-order chi connectivity index (χ0) is 15.6. The van der Waals surface area contributed by atoms with Crippen LogP contribution in [0.25, 0.3) is 0 Å². The van der Waals surface area contributed by atoms with Crippen molar-refractivity contribution >= 4 is 15.8 Å². The first kappa shape index (κ1) is 14.9. The molecule has 0 atom stereocenters. The van der Waals surface area contributed by atoms with Gasteiger partial charge in [-0.2, -0.15) is 8.42 Å². The lowest BCUT2D eigenvalue weighted by atomic mass is 10.2. The number of aryl methyl sites for hydroxylation is 1. The van der Waals surface area contributed by atoms with Gasteiger partial charge in [0.1, 0.15) is 0 Å². The van der Waals surface area contributed by atoms with E-state index in [2.05, 4.69) is 4.18 Å². The van der Waals surface area contributed by atoms with Crippen LogP contribution in [0.4, 0.5) is 10.1 Å². The zero-order valence-electron chi connectivity index (χ0n) is 10.8. The molecule has 0 unspecified atom stereocenters. The van der Waals surface area contributed by atoms with E-state index in [1.807, 2.05) is 0 Å². The molecule has 8 heteroatoms. The van der Waals surface area contributed by atoms with E-state index in [1.165, 1.54) is 31.2 Å². The second-order valence-corrected chi connectivity index (χ2v) is 5.63. The second kappa shape index (κ2) is 5.49. The number of benzene rings is 2. The third-order valence-corrected chi connectivity index (χ3v) is 4.10.